The molecule has 38 heavy (non-hydrogen) atoms. The SMILES string of the molecule is CCCOc1ccc(/C(O)=C2\C(=O)C(=O)N(c3ccc(F)cc3)C2c2cc(OC)c(OC)c(OC)c2)cc1. The van der Waals surface area contributed by atoms with Crippen LogP contribution in [0.1, 0.15) is 30.5 Å². The molecule has 0 spiro atoms. The van der Waals surface area contributed by atoms with Crippen LogP contribution >= 0.6 is 0 Å². The number of nitrogens with zero attached hydrogens (tertiary/aromatic N) is 1. The zero-order valence-electron chi connectivity index (χ0n) is 21.5. The molecule has 0 bridgehead atoms. The van der Waals surface area contributed by atoms with E-state index in [1.165, 1.54) is 50.5 Å². The second-order valence-corrected chi connectivity index (χ2v) is 8.48. The number of ketones is 1. The molecule has 1 fully saturated rings. The van der Waals surface area contributed by atoms with Crippen LogP contribution in [0, 0.1) is 5.82 Å². The minimum Gasteiger partial charge on any atom is -0.507 e. The first-order valence-corrected chi connectivity index (χ1v) is 11.9. The first-order valence-electron chi connectivity index (χ1n) is 11.9. The van der Waals surface area contributed by atoms with E-state index in [1.807, 2.05) is 6.92 Å². The van der Waals surface area contributed by atoms with Crippen molar-refractivity contribution in [1.82, 2.24) is 0 Å². The lowest BCUT2D eigenvalue weighted by atomic mass is 9.94. The Kier molecular flexibility index (Phi) is 7.85. The van der Waals surface area contributed by atoms with Gasteiger partial charge in [-0.3, -0.25) is 14.5 Å². The Hall–Kier alpha value is -4.53. The van der Waals surface area contributed by atoms with Crippen LogP contribution in [0.3, 0.4) is 0 Å². The van der Waals surface area contributed by atoms with E-state index in [2.05, 4.69) is 0 Å². The summed E-state index contributed by atoms with van der Waals surface area (Å²) in [4.78, 5) is 28.0. The number of aliphatic hydroxyl groups excluding tert-OH is 1. The smallest absolute Gasteiger partial charge is 0.300 e. The molecule has 1 unspecified atom stereocenters. The Bertz CT molecular complexity index is 1340. The molecule has 4 rings (SSSR count). The summed E-state index contributed by atoms with van der Waals surface area (Å²) >= 11 is 0. The van der Waals surface area contributed by atoms with Gasteiger partial charge in [0.1, 0.15) is 17.3 Å². The molecule has 8 nitrogen and oxygen atoms in total. The second kappa shape index (κ2) is 11.2. The molecule has 0 radical (unpaired) electrons. The van der Waals surface area contributed by atoms with Crippen molar-refractivity contribution in [1.29, 1.82) is 0 Å². The number of ether oxygens (including phenoxy) is 4. The predicted molar refractivity (Wildman–Crippen MR) is 140 cm³/mol. The number of halogens is 1. The Morgan fingerprint density at radius 1 is 0.921 bits per heavy atom. The van der Waals surface area contributed by atoms with E-state index < -0.39 is 23.5 Å². The number of hydrogen-bond acceptors (Lipinski definition) is 7. The third kappa shape index (κ3) is 4.87. The number of carbonyl (C=O) groups excluding carboxylic acids is 2. The van der Waals surface area contributed by atoms with Gasteiger partial charge in [-0.2, -0.15) is 0 Å². The second-order valence-electron chi connectivity index (χ2n) is 8.48. The standard InChI is InChI=1S/C29H28FNO7/c1-5-14-38-21-12-6-17(7-13-21)26(32)24-25(18-15-22(35-2)28(37-4)23(16-18)36-3)31(29(34)27(24)33)20-10-8-19(30)9-11-20/h6-13,15-16,25,32H,5,14H2,1-4H3/b26-24+. The maximum atomic E-state index is 13.7. The van der Waals surface area contributed by atoms with Crippen LogP contribution in [-0.2, 0) is 9.59 Å². The largest absolute Gasteiger partial charge is 0.507 e. The predicted octanol–water partition coefficient (Wildman–Crippen LogP) is 5.27. The Morgan fingerprint density at radius 2 is 1.53 bits per heavy atom. The van der Waals surface area contributed by atoms with Gasteiger partial charge < -0.3 is 24.1 Å². The quantitative estimate of drug-likeness (QED) is 0.233. The van der Waals surface area contributed by atoms with E-state index in [9.17, 15) is 19.1 Å². The molecule has 0 aliphatic carbocycles. The number of rotatable bonds is 9. The van der Waals surface area contributed by atoms with Crippen molar-refractivity contribution < 1.29 is 38.0 Å². The third-order valence-corrected chi connectivity index (χ3v) is 6.15. The number of amides is 1. The highest BCUT2D eigenvalue weighted by Crippen LogP contribution is 2.47. The summed E-state index contributed by atoms with van der Waals surface area (Å²) in [6, 6.07) is 13.9. The maximum absolute atomic E-state index is 13.7. The number of Topliss-reactive ketones (excluding diaryl/α,β-unsaturated/α-hetero) is 1. The van der Waals surface area contributed by atoms with E-state index in [-0.39, 0.29) is 17.0 Å². The monoisotopic (exact) mass is 521 g/mol. The van der Waals surface area contributed by atoms with Gasteiger partial charge in [-0.15, -0.1) is 0 Å². The van der Waals surface area contributed by atoms with Crippen molar-refractivity contribution in [3.05, 3.63) is 83.2 Å². The summed E-state index contributed by atoms with van der Waals surface area (Å²) in [6.07, 6.45) is 0.837. The van der Waals surface area contributed by atoms with E-state index in [1.54, 1.807) is 36.4 Å². The molecular formula is C29H28FNO7. The van der Waals surface area contributed by atoms with Crippen LogP contribution in [0.25, 0.3) is 5.76 Å². The van der Waals surface area contributed by atoms with Crippen LogP contribution in [0.4, 0.5) is 10.1 Å². The van der Waals surface area contributed by atoms with Gasteiger partial charge in [-0.25, -0.2) is 4.39 Å². The van der Waals surface area contributed by atoms with Crippen LogP contribution in [0.5, 0.6) is 23.0 Å². The van der Waals surface area contributed by atoms with Gasteiger partial charge in [0.15, 0.2) is 11.5 Å². The molecule has 9 heteroatoms. The van der Waals surface area contributed by atoms with Gasteiger partial charge in [0.05, 0.1) is 39.6 Å². The fourth-order valence-corrected chi connectivity index (χ4v) is 4.36. The molecule has 198 valence electrons. The van der Waals surface area contributed by atoms with Gasteiger partial charge >= 0.3 is 0 Å². The lowest BCUT2D eigenvalue weighted by Gasteiger charge is -2.26. The van der Waals surface area contributed by atoms with Crippen molar-refractivity contribution in [2.45, 2.75) is 19.4 Å². The third-order valence-electron chi connectivity index (χ3n) is 6.15. The maximum Gasteiger partial charge on any atom is 0.300 e. The average Bonchev–Trinajstić information content (AvgIpc) is 3.21. The van der Waals surface area contributed by atoms with E-state index >= 15 is 0 Å². The molecule has 1 N–H and O–H groups in total. The summed E-state index contributed by atoms with van der Waals surface area (Å²) in [5, 5.41) is 11.4. The molecule has 1 atom stereocenters. The molecule has 1 aliphatic heterocycles. The Morgan fingerprint density at radius 3 is 2.05 bits per heavy atom. The molecular weight excluding hydrogens is 493 g/mol. The first-order chi connectivity index (χ1) is 18.3. The normalized spacial score (nSPS) is 16.4. The van der Waals surface area contributed by atoms with Crippen molar-refractivity contribution in [2.24, 2.45) is 0 Å². The van der Waals surface area contributed by atoms with Gasteiger partial charge in [-0.05, 0) is 72.6 Å². The number of anilines is 1. The topological polar surface area (TPSA) is 94.5 Å². The van der Waals surface area contributed by atoms with Gasteiger partial charge in [0.25, 0.3) is 11.7 Å². The van der Waals surface area contributed by atoms with Gasteiger partial charge in [0.2, 0.25) is 5.75 Å². The fraction of sp³-hybridized carbons (Fsp3) is 0.241. The first kappa shape index (κ1) is 26.5. The van der Waals surface area contributed by atoms with Gasteiger partial charge in [-0.1, -0.05) is 6.92 Å². The molecule has 1 aliphatic rings. The van der Waals surface area contributed by atoms with E-state index in [0.717, 1.165) is 6.42 Å². The highest BCUT2D eigenvalue weighted by Gasteiger charge is 2.47. The number of benzene rings is 3. The molecule has 0 aromatic heterocycles. The number of hydrogen-bond donors (Lipinski definition) is 1. The zero-order chi connectivity index (χ0) is 27.4. The fourth-order valence-electron chi connectivity index (χ4n) is 4.36. The summed E-state index contributed by atoms with van der Waals surface area (Å²) in [5.74, 6) is -1.12. The van der Waals surface area contributed by atoms with Crippen molar-refractivity contribution in [3.8, 4) is 23.0 Å². The summed E-state index contributed by atoms with van der Waals surface area (Å²) in [6.45, 7) is 2.53. The highest BCUT2D eigenvalue weighted by molar-refractivity contribution is 6.51. The summed E-state index contributed by atoms with van der Waals surface area (Å²) in [5.41, 5.74) is 0.862. The molecule has 0 saturated carbocycles. The van der Waals surface area contributed by atoms with E-state index in [4.69, 9.17) is 18.9 Å². The van der Waals surface area contributed by atoms with E-state index in [0.29, 0.717) is 40.7 Å². The number of carbonyl (C=O) groups is 2. The molecule has 3 aromatic rings. The average molecular weight is 522 g/mol. The minimum atomic E-state index is -1.08. The molecule has 1 amide bonds. The Labute approximate surface area is 219 Å². The van der Waals surface area contributed by atoms with Gasteiger partial charge in [0, 0.05) is 11.3 Å². The molecule has 1 saturated heterocycles. The van der Waals surface area contributed by atoms with Crippen molar-refractivity contribution >= 4 is 23.1 Å². The lowest BCUT2D eigenvalue weighted by Crippen LogP contribution is -2.29. The number of aliphatic hydroxyl groups is 1. The van der Waals surface area contributed by atoms with Crippen molar-refractivity contribution in [3.63, 3.8) is 0 Å². The summed E-state index contributed by atoms with van der Waals surface area (Å²) in [7, 11) is 4.35. The minimum absolute atomic E-state index is 0.143. The van der Waals surface area contributed by atoms with Crippen LogP contribution in [-0.4, -0.2) is 44.7 Å². The van der Waals surface area contributed by atoms with Crippen LogP contribution < -0.4 is 23.8 Å². The van der Waals surface area contributed by atoms with Crippen LogP contribution in [0.15, 0.2) is 66.2 Å². The van der Waals surface area contributed by atoms with Crippen LogP contribution in [0.2, 0.25) is 0 Å². The molecule has 3 aromatic carbocycles. The highest BCUT2D eigenvalue weighted by atomic mass is 19.1. The zero-order valence-corrected chi connectivity index (χ0v) is 21.5. The number of methoxy groups -OCH3 is 3. The molecule has 1 heterocycles. The lowest BCUT2D eigenvalue weighted by molar-refractivity contribution is -0.132. The summed E-state index contributed by atoms with van der Waals surface area (Å²) < 4.78 is 35.7. The Balaban J connectivity index is 1.93. The van der Waals surface area contributed by atoms with Crippen molar-refractivity contribution in [2.75, 3.05) is 32.8 Å².